The smallest absolute Gasteiger partial charge is 0.271 e. The van der Waals surface area contributed by atoms with E-state index in [1.807, 2.05) is 4.90 Å². The average Bonchev–Trinajstić information content (AvgIpc) is 3.08. The highest BCUT2D eigenvalue weighted by atomic mass is 16.2. The highest BCUT2D eigenvalue weighted by Crippen LogP contribution is 2.10. The third kappa shape index (κ3) is 4.77. The number of aromatic nitrogens is 2. The Hall–Kier alpha value is -2.02. The number of carbonyl (C=O) groups is 2. The number of unbranched alkanes of at least 4 members (excludes halogenated alkanes) is 1. The number of nitrogens with zero attached hydrogens (tertiary/aromatic N) is 3. The lowest BCUT2D eigenvalue weighted by atomic mass is 10.1. The molecular formula is C15H23N5O2. The van der Waals surface area contributed by atoms with E-state index in [2.05, 4.69) is 15.3 Å². The average molecular weight is 305 g/mol. The van der Waals surface area contributed by atoms with Crippen LogP contribution in [0.15, 0.2) is 18.6 Å². The van der Waals surface area contributed by atoms with Crippen LogP contribution < -0.4 is 11.1 Å². The van der Waals surface area contributed by atoms with Gasteiger partial charge in [-0.1, -0.05) is 0 Å². The second-order valence-electron chi connectivity index (χ2n) is 5.48. The molecule has 2 rings (SSSR count). The summed E-state index contributed by atoms with van der Waals surface area (Å²) in [6.45, 7) is 2.21. The molecule has 0 aliphatic carbocycles. The summed E-state index contributed by atoms with van der Waals surface area (Å²) in [5.74, 6) is -0.174. The number of amides is 2. The van der Waals surface area contributed by atoms with Crippen LogP contribution >= 0.6 is 0 Å². The molecular weight excluding hydrogens is 282 g/mol. The molecule has 0 radical (unpaired) electrons. The molecule has 0 unspecified atom stereocenters. The lowest BCUT2D eigenvalue weighted by Gasteiger charge is -2.20. The highest BCUT2D eigenvalue weighted by Gasteiger charge is 2.22. The van der Waals surface area contributed by atoms with Crippen molar-refractivity contribution in [1.82, 2.24) is 20.2 Å². The summed E-state index contributed by atoms with van der Waals surface area (Å²) >= 11 is 0. The zero-order chi connectivity index (χ0) is 15.8. The van der Waals surface area contributed by atoms with Crippen molar-refractivity contribution < 1.29 is 9.59 Å². The van der Waals surface area contributed by atoms with Crippen LogP contribution in [0, 0.1) is 0 Å². The summed E-state index contributed by atoms with van der Waals surface area (Å²) in [5.41, 5.74) is 6.24. The van der Waals surface area contributed by atoms with E-state index >= 15 is 0 Å². The molecule has 2 heterocycles. The molecule has 1 saturated heterocycles. The van der Waals surface area contributed by atoms with Gasteiger partial charge < -0.3 is 16.0 Å². The molecule has 1 aliphatic rings. The van der Waals surface area contributed by atoms with Crippen molar-refractivity contribution in [2.75, 3.05) is 19.6 Å². The third-order valence-corrected chi connectivity index (χ3v) is 3.76. The van der Waals surface area contributed by atoms with Crippen molar-refractivity contribution in [3.05, 3.63) is 24.3 Å². The summed E-state index contributed by atoms with van der Waals surface area (Å²) in [6, 6.07) is -0.422. The summed E-state index contributed by atoms with van der Waals surface area (Å²) in [6.07, 6.45) is 8.83. The lowest BCUT2D eigenvalue weighted by molar-refractivity contribution is -0.131. The minimum absolute atomic E-state index is 0.0566. The minimum atomic E-state index is -0.422. The van der Waals surface area contributed by atoms with E-state index in [1.165, 1.54) is 18.6 Å². The Bertz CT molecular complexity index is 488. The quantitative estimate of drug-likeness (QED) is 0.707. The number of rotatable bonds is 7. The Labute approximate surface area is 130 Å². The van der Waals surface area contributed by atoms with Gasteiger partial charge in [0.2, 0.25) is 5.91 Å². The van der Waals surface area contributed by atoms with Gasteiger partial charge in [0.1, 0.15) is 5.69 Å². The van der Waals surface area contributed by atoms with E-state index in [0.29, 0.717) is 18.7 Å². The van der Waals surface area contributed by atoms with Crippen molar-refractivity contribution in [2.45, 2.75) is 38.1 Å². The first-order valence-electron chi connectivity index (χ1n) is 7.77. The molecule has 1 aromatic rings. The lowest BCUT2D eigenvalue weighted by Crippen LogP contribution is -2.42. The van der Waals surface area contributed by atoms with Crippen LogP contribution in [0.3, 0.4) is 0 Å². The van der Waals surface area contributed by atoms with Gasteiger partial charge in [0.25, 0.3) is 5.91 Å². The molecule has 0 spiro atoms. The first kappa shape index (κ1) is 16.4. The summed E-state index contributed by atoms with van der Waals surface area (Å²) in [5, 5.41) is 2.78. The molecule has 0 bridgehead atoms. The van der Waals surface area contributed by atoms with Crippen molar-refractivity contribution in [1.29, 1.82) is 0 Å². The van der Waals surface area contributed by atoms with Gasteiger partial charge in [-0.15, -0.1) is 0 Å². The Morgan fingerprint density at radius 1 is 1.27 bits per heavy atom. The topological polar surface area (TPSA) is 101 Å². The van der Waals surface area contributed by atoms with E-state index in [4.69, 9.17) is 5.73 Å². The normalized spacial score (nSPS) is 15.6. The minimum Gasteiger partial charge on any atom is -0.351 e. The standard InChI is InChI=1S/C15H23N5O2/c16-12(15(22)20-9-3-4-10-20)5-1-2-6-19-14(21)13-11-17-7-8-18-13/h7-8,11-12H,1-6,9-10,16H2,(H,19,21)/t12-/m1/s1. The molecule has 1 fully saturated rings. The van der Waals surface area contributed by atoms with Gasteiger partial charge in [-0.2, -0.15) is 0 Å². The van der Waals surface area contributed by atoms with Gasteiger partial charge in [0.05, 0.1) is 12.2 Å². The molecule has 0 aromatic carbocycles. The zero-order valence-electron chi connectivity index (χ0n) is 12.7. The first-order chi connectivity index (χ1) is 10.7. The van der Waals surface area contributed by atoms with E-state index in [0.717, 1.165) is 38.8 Å². The van der Waals surface area contributed by atoms with Crippen LogP contribution in [0.4, 0.5) is 0 Å². The molecule has 2 amide bonds. The number of nitrogens with two attached hydrogens (primary N) is 1. The Morgan fingerprint density at radius 3 is 2.73 bits per heavy atom. The summed E-state index contributed by atoms with van der Waals surface area (Å²) < 4.78 is 0. The summed E-state index contributed by atoms with van der Waals surface area (Å²) in [4.78, 5) is 33.4. The van der Waals surface area contributed by atoms with E-state index in [-0.39, 0.29) is 11.8 Å². The molecule has 120 valence electrons. The number of nitrogens with one attached hydrogen (secondary N) is 1. The van der Waals surface area contributed by atoms with Crippen molar-refractivity contribution in [3.8, 4) is 0 Å². The number of hydrogen-bond acceptors (Lipinski definition) is 5. The fraction of sp³-hybridized carbons (Fsp3) is 0.600. The second kappa shape index (κ2) is 8.43. The van der Waals surface area contributed by atoms with Crippen LogP contribution in [-0.4, -0.2) is 52.4 Å². The molecule has 7 nitrogen and oxygen atoms in total. The molecule has 3 N–H and O–H groups in total. The highest BCUT2D eigenvalue weighted by molar-refractivity contribution is 5.91. The fourth-order valence-electron chi connectivity index (χ4n) is 2.49. The molecule has 0 saturated carbocycles. The van der Waals surface area contributed by atoms with Gasteiger partial charge in [-0.05, 0) is 32.1 Å². The van der Waals surface area contributed by atoms with Gasteiger partial charge in [-0.25, -0.2) is 4.98 Å². The number of likely N-dealkylation sites (tertiary alicyclic amines) is 1. The van der Waals surface area contributed by atoms with E-state index < -0.39 is 6.04 Å². The van der Waals surface area contributed by atoms with Gasteiger partial charge in [0.15, 0.2) is 0 Å². The Balaban J connectivity index is 1.59. The summed E-state index contributed by atoms with van der Waals surface area (Å²) in [7, 11) is 0. The fourth-order valence-corrected chi connectivity index (χ4v) is 2.49. The molecule has 1 aliphatic heterocycles. The van der Waals surface area contributed by atoms with E-state index in [1.54, 1.807) is 0 Å². The van der Waals surface area contributed by atoms with Crippen LogP contribution in [0.2, 0.25) is 0 Å². The van der Waals surface area contributed by atoms with Crippen LogP contribution in [-0.2, 0) is 4.79 Å². The van der Waals surface area contributed by atoms with Crippen molar-refractivity contribution in [3.63, 3.8) is 0 Å². The maximum Gasteiger partial charge on any atom is 0.271 e. The van der Waals surface area contributed by atoms with Gasteiger partial charge >= 0.3 is 0 Å². The maximum absolute atomic E-state index is 12.0. The van der Waals surface area contributed by atoms with Crippen molar-refractivity contribution in [2.24, 2.45) is 5.73 Å². The largest absolute Gasteiger partial charge is 0.351 e. The first-order valence-corrected chi connectivity index (χ1v) is 7.77. The Morgan fingerprint density at radius 2 is 2.05 bits per heavy atom. The molecule has 7 heteroatoms. The Kier molecular flexibility index (Phi) is 6.27. The van der Waals surface area contributed by atoms with Crippen LogP contribution in [0.25, 0.3) is 0 Å². The van der Waals surface area contributed by atoms with Gasteiger partial charge in [-0.3, -0.25) is 14.6 Å². The third-order valence-electron chi connectivity index (χ3n) is 3.76. The number of hydrogen-bond donors (Lipinski definition) is 2. The second-order valence-corrected chi connectivity index (χ2v) is 5.48. The van der Waals surface area contributed by atoms with Crippen molar-refractivity contribution >= 4 is 11.8 Å². The molecule has 22 heavy (non-hydrogen) atoms. The SMILES string of the molecule is N[C@H](CCCCNC(=O)c1cnccn1)C(=O)N1CCCC1. The van der Waals surface area contributed by atoms with E-state index in [9.17, 15) is 9.59 Å². The van der Waals surface area contributed by atoms with Gasteiger partial charge in [0, 0.05) is 32.0 Å². The number of carbonyl (C=O) groups excluding carboxylic acids is 2. The monoisotopic (exact) mass is 305 g/mol. The van der Waals surface area contributed by atoms with Crippen LogP contribution in [0.5, 0.6) is 0 Å². The predicted octanol–water partition coefficient (Wildman–Crippen LogP) is 0.326. The zero-order valence-corrected chi connectivity index (χ0v) is 12.7. The molecule has 1 aromatic heterocycles. The predicted molar refractivity (Wildman–Crippen MR) is 82.0 cm³/mol. The van der Waals surface area contributed by atoms with Crippen LogP contribution in [0.1, 0.15) is 42.6 Å². The maximum atomic E-state index is 12.0. The molecule has 1 atom stereocenters.